The number of hydrogen-bond acceptors (Lipinski definition) is 3. The van der Waals surface area contributed by atoms with Gasteiger partial charge in [-0.2, -0.15) is 0 Å². The fraction of sp³-hybridized carbons (Fsp3) is 0.500. The molecule has 1 N–H and O–H groups in total. The molecule has 21 heavy (non-hydrogen) atoms. The first-order valence-electron chi connectivity index (χ1n) is 7.65. The molecule has 0 radical (unpaired) electrons. The van der Waals surface area contributed by atoms with Gasteiger partial charge in [0.05, 0.1) is 5.69 Å². The Bertz CT molecular complexity index is 650. The zero-order valence-corrected chi connectivity index (χ0v) is 14.4. The van der Waals surface area contributed by atoms with Crippen LogP contribution in [-0.2, 0) is 6.42 Å². The van der Waals surface area contributed by atoms with Crippen molar-refractivity contribution in [3.63, 3.8) is 0 Å². The topological polar surface area (TPSA) is 24.9 Å². The minimum absolute atomic E-state index is 0.326. The van der Waals surface area contributed by atoms with Gasteiger partial charge < -0.3 is 5.32 Å². The Labute approximate surface area is 131 Å². The highest BCUT2D eigenvalue weighted by Crippen LogP contribution is 2.45. The van der Waals surface area contributed by atoms with Crippen LogP contribution in [0.15, 0.2) is 18.2 Å². The molecule has 3 heteroatoms. The van der Waals surface area contributed by atoms with Crippen molar-refractivity contribution in [1.29, 1.82) is 0 Å². The summed E-state index contributed by atoms with van der Waals surface area (Å²) in [7, 11) is 2.06. The van der Waals surface area contributed by atoms with Gasteiger partial charge in [-0.1, -0.05) is 32.0 Å². The van der Waals surface area contributed by atoms with E-state index in [1.165, 1.54) is 38.7 Å². The lowest BCUT2D eigenvalue weighted by Crippen LogP contribution is -2.30. The van der Waals surface area contributed by atoms with Gasteiger partial charge in [-0.3, -0.25) is 0 Å². The number of fused-ring (bicyclic) bond motifs is 1. The molecule has 0 fully saturated rings. The summed E-state index contributed by atoms with van der Waals surface area (Å²) >= 11 is 1.88. The fourth-order valence-corrected chi connectivity index (χ4v) is 4.79. The fourth-order valence-electron chi connectivity index (χ4n) is 3.43. The summed E-state index contributed by atoms with van der Waals surface area (Å²) < 4.78 is 0. The number of benzene rings is 1. The summed E-state index contributed by atoms with van der Waals surface area (Å²) in [5, 5.41) is 4.67. The summed E-state index contributed by atoms with van der Waals surface area (Å²) in [5.74, 6) is 0. The minimum atomic E-state index is 0.326. The normalized spacial score (nSPS) is 20.3. The SMILES string of the molecule is CNC1CC(C)(C)Cc2nc(-c3c(C)cccc3C)sc21. The van der Waals surface area contributed by atoms with Crippen LogP contribution in [0.2, 0.25) is 0 Å². The second-order valence-corrected chi connectivity index (χ2v) is 8.01. The lowest BCUT2D eigenvalue weighted by Gasteiger charge is -2.34. The van der Waals surface area contributed by atoms with Gasteiger partial charge in [0.1, 0.15) is 5.01 Å². The number of nitrogens with zero attached hydrogens (tertiary/aromatic N) is 1. The molecular weight excluding hydrogens is 276 g/mol. The molecule has 0 amide bonds. The number of rotatable bonds is 2. The third-order valence-electron chi connectivity index (χ3n) is 4.49. The van der Waals surface area contributed by atoms with E-state index in [0.29, 0.717) is 11.5 Å². The Morgan fingerprint density at radius 1 is 1.24 bits per heavy atom. The maximum Gasteiger partial charge on any atom is 0.124 e. The second-order valence-electron chi connectivity index (χ2n) is 6.98. The van der Waals surface area contributed by atoms with Gasteiger partial charge in [-0.25, -0.2) is 4.98 Å². The van der Waals surface area contributed by atoms with Crippen LogP contribution in [0.5, 0.6) is 0 Å². The maximum absolute atomic E-state index is 5.02. The van der Waals surface area contributed by atoms with Crippen molar-refractivity contribution in [1.82, 2.24) is 10.3 Å². The van der Waals surface area contributed by atoms with Crippen molar-refractivity contribution in [3.05, 3.63) is 39.9 Å². The molecule has 1 aromatic carbocycles. The first kappa shape index (κ1) is 14.7. The van der Waals surface area contributed by atoms with E-state index in [4.69, 9.17) is 4.98 Å². The number of aryl methyl sites for hydroxylation is 2. The van der Waals surface area contributed by atoms with Crippen molar-refractivity contribution < 1.29 is 0 Å². The van der Waals surface area contributed by atoms with Gasteiger partial charge >= 0.3 is 0 Å². The van der Waals surface area contributed by atoms with Crippen LogP contribution in [-0.4, -0.2) is 12.0 Å². The lowest BCUT2D eigenvalue weighted by molar-refractivity contribution is 0.265. The van der Waals surface area contributed by atoms with E-state index in [0.717, 1.165) is 6.42 Å². The molecule has 112 valence electrons. The molecule has 1 aliphatic carbocycles. The minimum Gasteiger partial charge on any atom is -0.312 e. The summed E-state index contributed by atoms with van der Waals surface area (Å²) in [6.45, 7) is 9.06. The molecule has 2 aromatic rings. The number of hydrogen-bond donors (Lipinski definition) is 1. The van der Waals surface area contributed by atoms with E-state index in [-0.39, 0.29) is 0 Å². The third kappa shape index (κ3) is 2.65. The summed E-state index contributed by atoms with van der Waals surface area (Å²) in [6, 6.07) is 6.94. The number of nitrogens with one attached hydrogen (secondary N) is 1. The van der Waals surface area contributed by atoms with Crippen LogP contribution in [0, 0.1) is 19.3 Å². The van der Waals surface area contributed by atoms with Crippen molar-refractivity contribution in [2.24, 2.45) is 5.41 Å². The summed E-state index contributed by atoms with van der Waals surface area (Å²) in [5.41, 5.74) is 5.59. The number of thiazole rings is 1. The molecule has 1 unspecified atom stereocenters. The predicted octanol–water partition coefficient (Wildman–Crippen LogP) is 4.66. The van der Waals surface area contributed by atoms with Gasteiger partial charge in [0.15, 0.2) is 0 Å². The van der Waals surface area contributed by atoms with Crippen LogP contribution in [0.25, 0.3) is 10.6 Å². The average Bonchev–Trinajstić information content (AvgIpc) is 2.79. The third-order valence-corrected chi connectivity index (χ3v) is 5.72. The molecule has 0 aliphatic heterocycles. The van der Waals surface area contributed by atoms with Crippen molar-refractivity contribution in [2.45, 2.75) is 46.6 Å². The Balaban J connectivity index is 2.11. The Morgan fingerprint density at radius 3 is 2.52 bits per heavy atom. The number of aromatic nitrogens is 1. The summed E-state index contributed by atoms with van der Waals surface area (Å²) in [4.78, 5) is 6.45. The maximum atomic E-state index is 5.02. The molecular formula is C18H24N2S. The first-order valence-corrected chi connectivity index (χ1v) is 8.46. The van der Waals surface area contributed by atoms with Crippen molar-refractivity contribution >= 4 is 11.3 Å². The Hall–Kier alpha value is -1.19. The average molecular weight is 300 g/mol. The molecule has 1 atom stereocenters. The molecule has 0 bridgehead atoms. The van der Waals surface area contributed by atoms with E-state index < -0.39 is 0 Å². The smallest absolute Gasteiger partial charge is 0.124 e. The highest BCUT2D eigenvalue weighted by molar-refractivity contribution is 7.15. The van der Waals surface area contributed by atoms with E-state index in [1.807, 2.05) is 11.3 Å². The molecule has 1 aliphatic rings. The van der Waals surface area contributed by atoms with Gasteiger partial charge in [-0.15, -0.1) is 11.3 Å². The predicted molar refractivity (Wildman–Crippen MR) is 90.9 cm³/mol. The molecule has 1 aromatic heterocycles. The van der Waals surface area contributed by atoms with Crippen LogP contribution in [0.1, 0.15) is 48.0 Å². The first-order chi connectivity index (χ1) is 9.91. The Kier molecular flexibility index (Phi) is 3.66. The zero-order chi connectivity index (χ0) is 15.2. The standard InChI is InChI=1S/C18H24N2S/c1-11-7-6-8-12(2)15(11)17-20-14-10-18(3,4)9-13(19-5)16(14)21-17/h6-8,13,19H,9-10H2,1-5H3. The van der Waals surface area contributed by atoms with E-state index in [2.05, 4.69) is 58.3 Å². The van der Waals surface area contributed by atoms with E-state index in [9.17, 15) is 0 Å². The Morgan fingerprint density at radius 2 is 1.90 bits per heavy atom. The van der Waals surface area contributed by atoms with Crippen LogP contribution < -0.4 is 5.32 Å². The van der Waals surface area contributed by atoms with Gasteiger partial charge in [0.2, 0.25) is 0 Å². The quantitative estimate of drug-likeness (QED) is 0.872. The lowest BCUT2D eigenvalue weighted by atomic mass is 9.76. The van der Waals surface area contributed by atoms with E-state index in [1.54, 1.807) is 0 Å². The molecule has 3 rings (SSSR count). The molecule has 0 saturated carbocycles. The van der Waals surface area contributed by atoms with Crippen LogP contribution >= 0.6 is 11.3 Å². The molecule has 0 spiro atoms. The van der Waals surface area contributed by atoms with Crippen molar-refractivity contribution in [3.8, 4) is 10.6 Å². The summed E-state index contributed by atoms with van der Waals surface area (Å²) in [6.07, 6.45) is 2.27. The second kappa shape index (κ2) is 5.22. The van der Waals surface area contributed by atoms with E-state index >= 15 is 0 Å². The highest BCUT2D eigenvalue weighted by Gasteiger charge is 2.34. The highest BCUT2D eigenvalue weighted by atomic mass is 32.1. The zero-order valence-electron chi connectivity index (χ0n) is 13.6. The van der Waals surface area contributed by atoms with Gasteiger partial charge in [0, 0.05) is 16.5 Å². The van der Waals surface area contributed by atoms with Crippen LogP contribution in [0.4, 0.5) is 0 Å². The molecule has 0 saturated heterocycles. The molecule has 1 heterocycles. The molecule has 2 nitrogen and oxygen atoms in total. The monoisotopic (exact) mass is 300 g/mol. The van der Waals surface area contributed by atoms with Gasteiger partial charge in [-0.05, 0) is 50.3 Å². The van der Waals surface area contributed by atoms with Crippen molar-refractivity contribution in [2.75, 3.05) is 7.05 Å². The largest absolute Gasteiger partial charge is 0.312 e. The van der Waals surface area contributed by atoms with Gasteiger partial charge in [0.25, 0.3) is 0 Å². The van der Waals surface area contributed by atoms with Crippen LogP contribution in [0.3, 0.4) is 0 Å².